The van der Waals surface area contributed by atoms with Gasteiger partial charge in [-0.3, -0.25) is 0 Å². The van der Waals surface area contributed by atoms with Crippen LogP contribution in [0, 0.1) is 0 Å². The molecule has 0 atom stereocenters. The van der Waals surface area contributed by atoms with Gasteiger partial charge in [0.25, 0.3) is 0 Å². The monoisotopic (exact) mass is 446 g/mol. The van der Waals surface area contributed by atoms with E-state index in [2.05, 4.69) is 33.5 Å². The molecule has 24 heavy (non-hydrogen) atoms. The van der Waals surface area contributed by atoms with Crippen LogP contribution in [-0.2, 0) is 6.54 Å². The summed E-state index contributed by atoms with van der Waals surface area (Å²) in [7, 11) is 1.69. The number of guanidine groups is 1. The lowest BCUT2D eigenvalue weighted by molar-refractivity contribution is 0.334. The molecular formula is C18H31IN4O. The minimum atomic E-state index is 0. The predicted octanol–water partition coefficient (Wildman–Crippen LogP) is 2.85. The lowest BCUT2D eigenvalue weighted by atomic mass is 10.2. The van der Waals surface area contributed by atoms with Crippen molar-refractivity contribution in [2.45, 2.75) is 32.7 Å². The van der Waals surface area contributed by atoms with Gasteiger partial charge in [-0.25, -0.2) is 4.99 Å². The minimum Gasteiger partial charge on any atom is -0.497 e. The second kappa shape index (κ2) is 12.4. The van der Waals surface area contributed by atoms with Gasteiger partial charge in [-0.15, -0.1) is 24.0 Å². The Morgan fingerprint density at radius 1 is 1.25 bits per heavy atom. The first kappa shape index (κ1) is 21.0. The van der Waals surface area contributed by atoms with E-state index in [4.69, 9.17) is 4.74 Å². The molecule has 1 aromatic carbocycles. The van der Waals surface area contributed by atoms with E-state index in [0.29, 0.717) is 6.54 Å². The Labute approximate surface area is 163 Å². The Morgan fingerprint density at radius 2 is 2.04 bits per heavy atom. The van der Waals surface area contributed by atoms with Gasteiger partial charge in [0, 0.05) is 13.1 Å². The molecule has 5 nitrogen and oxygen atoms in total. The summed E-state index contributed by atoms with van der Waals surface area (Å²) in [6.07, 6.45) is 3.87. The first-order valence-corrected chi connectivity index (χ1v) is 8.69. The van der Waals surface area contributed by atoms with Crippen molar-refractivity contribution in [2.24, 2.45) is 4.99 Å². The molecule has 1 fully saturated rings. The van der Waals surface area contributed by atoms with Crippen LogP contribution >= 0.6 is 24.0 Å². The second-order valence-electron chi connectivity index (χ2n) is 5.88. The zero-order valence-electron chi connectivity index (χ0n) is 14.9. The molecule has 0 aliphatic carbocycles. The molecule has 0 unspecified atom stereocenters. The lowest BCUT2D eigenvalue weighted by Gasteiger charge is -2.15. The molecule has 0 saturated carbocycles. The SMILES string of the molecule is CCNC(=NCc1cccc(OC)c1)NCCCN1CCCC1.I. The number of hydrogen-bond donors (Lipinski definition) is 2. The summed E-state index contributed by atoms with van der Waals surface area (Å²) >= 11 is 0. The van der Waals surface area contributed by atoms with E-state index in [1.54, 1.807) is 7.11 Å². The van der Waals surface area contributed by atoms with Crippen molar-refractivity contribution >= 4 is 29.9 Å². The van der Waals surface area contributed by atoms with Crippen LogP contribution in [0.1, 0.15) is 31.7 Å². The van der Waals surface area contributed by atoms with Crippen molar-refractivity contribution in [2.75, 3.05) is 39.8 Å². The van der Waals surface area contributed by atoms with Gasteiger partial charge in [0.15, 0.2) is 5.96 Å². The van der Waals surface area contributed by atoms with E-state index in [1.165, 1.54) is 32.5 Å². The van der Waals surface area contributed by atoms with Gasteiger partial charge in [-0.2, -0.15) is 0 Å². The average molecular weight is 446 g/mol. The van der Waals surface area contributed by atoms with E-state index in [9.17, 15) is 0 Å². The molecule has 0 amide bonds. The maximum atomic E-state index is 5.25. The number of benzene rings is 1. The van der Waals surface area contributed by atoms with Crippen LogP contribution in [0.5, 0.6) is 5.75 Å². The molecule has 1 saturated heterocycles. The first-order chi connectivity index (χ1) is 11.3. The van der Waals surface area contributed by atoms with Gasteiger partial charge in [-0.05, 0) is 63.5 Å². The molecule has 0 bridgehead atoms. The quantitative estimate of drug-likeness (QED) is 0.279. The Morgan fingerprint density at radius 3 is 2.75 bits per heavy atom. The number of nitrogens with one attached hydrogen (secondary N) is 2. The number of hydrogen-bond acceptors (Lipinski definition) is 3. The Kier molecular flexibility index (Phi) is 10.8. The standard InChI is InChI=1S/C18H30N4O.HI/c1-3-19-18(20-10-7-13-22-11-4-5-12-22)21-15-16-8-6-9-17(14-16)23-2;/h6,8-9,14H,3-5,7,10-13,15H2,1-2H3,(H2,19,20,21);1H. The summed E-state index contributed by atoms with van der Waals surface area (Å²) < 4.78 is 5.25. The minimum absolute atomic E-state index is 0. The summed E-state index contributed by atoms with van der Waals surface area (Å²) in [6.45, 7) is 8.29. The van der Waals surface area contributed by atoms with Crippen LogP contribution in [0.4, 0.5) is 0 Å². The Hall–Kier alpha value is -1.02. The van der Waals surface area contributed by atoms with Crippen LogP contribution in [0.3, 0.4) is 0 Å². The highest BCUT2D eigenvalue weighted by Gasteiger charge is 2.10. The number of halogens is 1. The van der Waals surface area contributed by atoms with Crippen LogP contribution in [0.15, 0.2) is 29.3 Å². The van der Waals surface area contributed by atoms with Gasteiger partial charge >= 0.3 is 0 Å². The fourth-order valence-electron chi connectivity index (χ4n) is 2.80. The van der Waals surface area contributed by atoms with Crippen LogP contribution in [-0.4, -0.2) is 50.7 Å². The number of likely N-dealkylation sites (tertiary alicyclic amines) is 1. The number of nitrogens with zero attached hydrogens (tertiary/aromatic N) is 2. The fourth-order valence-corrected chi connectivity index (χ4v) is 2.80. The first-order valence-electron chi connectivity index (χ1n) is 8.69. The normalized spacial score (nSPS) is 15.0. The molecule has 2 N–H and O–H groups in total. The molecule has 1 aliphatic rings. The summed E-state index contributed by atoms with van der Waals surface area (Å²) in [5.41, 5.74) is 1.15. The molecule has 136 valence electrons. The summed E-state index contributed by atoms with van der Waals surface area (Å²) in [6, 6.07) is 8.05. The van der Waals surface area contributed by atoms with Crippen molar-refractivity contribution in [3.63, 3.8) is 0 Å². The van der Waals surface area contributed by atoms with Crippen LogP contribution < -0.4 is 15.4 Å². The second-order valence-corrected chi connectivity index (χ2v) is 5.88. The number of ether oxygens (including phenoxy) is 1. The lowest BCUT2D eigenvalue weighted by Crippen LogP contribution is -2.38. The highest BCUT2D eigenvalue weighted by Crippen LogP contribution is 2.13. The van der Waals surface area contributed by atoms with Crippen molar-refractivity contribution in [3.8, 4) is 5.75 Å². The van der Waals surface area contributed by atoms with Crippen LogP contribution in [0.2, 0.25) is 0 Å². The molecular weight excluding hydrogens is 415 g/mol. The maximum Gasteiger partial charge on any atom is 0.191 e. The summed E-state index contributed by atoms with van der Waals surface area (Å²) in [5.74, 6) is 1.76. The Bertz CT molecular complexity index is 490. The number of aliphatic imine (C=N–C) groups is 1. The largest absolute Gasteiger partial charge is 0.497 e. The topological polar surface area (TPSA) is 48.9 Å². The van der Waals surface area contributed by atoms with E-state index in [1.807, 2.05) is 18.2 Å². The third-order valence-corrected chi connectivity index (χ3v) is 4.04. The van der Waals surface area contributed by atoms with Crippen molar-refractivity contribution in [1.82, 2.24) is 15.5 Å². The molecule has 0 aromatic heterocycles. The van der Waals surface area contributed by atoms with Gasteiger partial charge in [0.1, 0.15) is 5.75 Å². The van der Waals surface area contributed by atoms with Gasteiger partial charge < -0.3 is 20.3 Å². The highest BCUT2D eigenvalue weighted by molar-refractivity contribution is 14.0. The van der Waals surface area contributed by atoms with Crippen molar-refractivity contribution in [1.29, 1.82) is 0 Å². The van der Waals surface area contributed by atoms with Crippen molar-refractivity contribution in [3.05, 3.63) is 29.8 Å². The number of rotatable bonds is 8. The molecule has 6 heteroatoms. The third-order valence-electron chi connectivity index (χ3n) is 4.04. The third kappa shape index (κ3) is 7.70. The van der Waals surface area contributed by atoms with Crippen LogP contribution in [0.25, 0.3) is 0 Å². The summed E-state index contributed by atoms with van der Waals surface area (Å²) in [4.78, 5) is 7.20. The van der Waals surface area contributed by atoms with E-state index in [-0.39, 0.29) is 24.0 Å². The molecule has 2 rings (SSSR count). The fraction of sp³-hybridized carbons (Fsp3) is 0.611. The molecule has 1 aliphatic heterocycles. The Balaban J connectivity index is 0.00000288. The molecule has 0 radical (unpaired) electrons. The zero-order valence-corrected chi connectivity index (χ0v) is 17.2. The van der Waals surface area contributed by atoms with Crippen molar-refractivity contribution < 1.29 is 4.74 Å². The van der Waals surface area contributed by atoms with Gasteiger partial charge in [0.05, 0.1) is 13.7 Å². The van der Waals surface area contributed by atoms with Gasteiger partial charge in [-0.1, -0.05) is 12.1 Å². The molecule has 1 heterocycles. The van der Waals surface area contributed by atoms with E-state index < -0.39 is 0 Å². The number of methoxy groups -OCH3 is 1. The average Bonchev–Trinajstić information content (AvgIpc) is 3.10. The molecule has 1 aromatic rings. The van der Waals surface area contributed by atoms with Gasteiger partial charge in [0.2, 0.25) is 0 Å². The maximum absolute atomic E-state index is 5.25. The smallest absolute Gasteiger partial charge is 0.191 e. The van der Waals surface area contributed by atoms with E-state index >= 15 is 0 Å². The highest BCUT2D eigenvalue weighted by atomic mass is 127. The molecule has 0 spiro atoms. The zero-order chi connectivity index (χ0) is 16.3. The predicted molar refractivity (Wildman–Crippen MR) is 112 cm³/mol. The van der Waals surface area contributed by atoms with E-state index in [0.717, 1.165) is 36.8 Å². The summed E-state index contributed by atoms with van der Waals surface area (Å²) in [5, 5.41) is 6.73.